The lowest BCUT2D eigenvalue weighted by Gasteiger charge is -2.43. The van der Waals surface area contributed by atoms with Crippen molar-refractivity contribution >= 4 is 29.3 Å². The molecule has 3 aliphatic rings. The zero-order valence-electron chi connectivity index (χ0n) is 16.0. The van der Waals surface area contributed by atoms with E-state index in [1.54, 1.807) is 17.0 Å². The van der Waals surface area contributed by atoms with Gasteiger partial charge >= 0.3 is 6.09 Å². The maximum Gasteiger partial charge on any atom is 0.414 e. The normalized spacial score (nSPS) is 25.6. The van der Waals surface area contributed by atoms with Gasteiger partial charge in [-0.1, -0.05) is 0 Å². The van der Waals surface area contributed by atoms with Crippen LogP contribution in [0.25, 0.3) is 0 Å². The van der Waals surface area contributed by atoms with Gasteiger partial charge in [0, 0.05) is 32.5 Å². The number of anilines is 2. The van der Waals surface area contributed by atoms with Gasteiger partial charge in [-0.3, -0.25) is 14.5 Å². The van der Waals surface area contributed by atoms with Gasteiger partial charge in [0.15, 0.2) is 0 Å². The Hall–Kier alpha value is -2.88. The lowest BCUT2D eigenvalue weighted by atomic mass is 9.92. The highest BCUT2D eigenvalue weighted by atomic mass is 19.1. The van der Waals surface area contributed by atoms with E-state index in [0.717, 1.165) is 0 Å². The monoisotopic (exact) mass is 406 g/mol. The number of hydrogen-bond acceptors (Lipinski definition) is 6. The molecule has 0 bridgehead atoms. The predicted octanol–water partition coefficient (Wildman–Crippen LogP) is -0.0737. The number of cyclic esters (lactones) is 1. The number of benzene rings is 1. The Morgan fingerprint density at radius 2 is 2.07 bits per heavy atom. The molecule has 2 N–H and O–H groups in total. The lowest BCUT2D eigenvalue weighted by Crippen LogP contribution is -2.58. The average Bonchev–Trinajstić information content (AvgIpc) is 3.20. The number of fused-ring (bicyclic) bond motifs is 1. The van der Waals surface area contributed by atoms with Gasteiger partial charge in [0.1, 0.15) is 18.5 Å². The molecule has 0 aromatic heterocycles. The first-order chi connectivity index (χ1) is 13.9. The van der Waals surface area contributed by atoms with Crippen molar-refractivity contribution in [2.45, 2.75) is 19.1 Å². The summed E-state index contributed by atoms with van der Waals surface area (Å²) in [6, 6.07) is 4.59. The molecule has 0 spiro atoms. The Morgan fingerprint density at radius 1 is 1.28 bits per heavy atom. The van der Waals surface area contributed by atoms with Crippen LogP contribution < -0.4 is 15.1 Å². The van der Waals surface area contributed by atoms with Crippen LogP contribution in [0.4, 0.5) is 20.6 Å². The molecule has 0 aliphatic carbocycles. The Morgan fingerprint density at radius 3 is 2.76 bits per heavy atom. The Bertz CT molecular complexity index is 850. The van der Waals surface area contributed by atoms with E-state index in [0.29, 0.717) is 31.0 Å². The first kappa shape index (κ1) is 19.4. The first-order valence-electron chi connectivity index (χ1n) is 9.54. The second-order valence-electron chi connectivity index (χ2n) is 7.63. The van der Waals surface area contributed by atoms with Crippen LogP contribution in [0.3, 0.4) is 0 Å². The van der Waals surface area contributed by atoms with E-state index in [-0.39, 0.29) is 36.9 Å². The minimum Gasteiger partial charge on any atom is -0.442 e. The number of aliphatic hydroxyl groups is 1. The van der Waals surface area contributed by atoms with Crippen LogP contribution in [0, 0.1) is 11.7 Å². The van der Waals surface area contributed by atoms with Crippen molar-refractivity contribution < 1.29 is 28.6 Å². The third kappa shape index (κ3) is 3.59. The van der Waals surface area contributed by atoms with E-state index in [1.165, 1.54) is 17.9 Å². The highest BCUT2D eigenvalue weighted by molar-refractivity contribution is 5.90. The minimum atomic E-state index is -0.579. The second kappa shape index (κ2) is 7.51. The Kier molecular flexibility index (Phi) is 5.03. The number of nitrogens with zero attached hydrogens (tertiary/aromatic N) is 3. The average molecular weight is 406 g/mol. The molecule has 1 aromatic carbocycles. The number of aliphatic hydroxyl groups excluding tert-OH is 1. The predicted molar refractivity (Wildman–Crippen MR) is 101 cm³/mol. The molecule has 0 radical (unpaired) electrons. The summed E-state index contributed by atoms with van der Waals surface area (Å²) in [5, 5.41) is 11.6. The number of amides is 3. The largest absolute Gasteiger partial charge is 0.442 e. The zero-order valence-corrected chi connectivity index (χ0v) is 16.0. The van der Waals surface area contributed by atoms with Crippen LogP contribution in [-0.2, 0) is 14.3 Å². The molecular weight excluding hydrogens is 383 g/mol. The highest BCUT2D eigenvalue weighted by Gasteiger charge is 2.48. The van der Waals surface area contributed by atoms with Gasteiger partial charge in [-0.2, -0.15) is 0 Å². The van der Waals surface area contributed by atoms with Gasteiger partial charge in [0.05, 0.1) is 30.5 Å². The maximum absolute atomic E-state index is 14.8. The molecular formula is C19H23FN4O5. The summed E-state index contributed by atoms with van der Waals surface area (Å²) in [5.41, 5.74) is 0.808. The first-order valence-corrected chi connectivity index (χ1v) is 9.54. The van der Waals surface area contributed by atoms with Gasteiger partial charge in [0.2, 0.25) is 11.8 Å². The van der Waals surface area contributed by atoms with Crippen LogP contribution in [0.1, 0.15) is 6.92 Å². The van der Waals surface area contributed by atoms with Crippen molar-refractivity contribution in [3.05, 3.63) is 24.0 Å². The second-order valence-corrected chi connectivity index (χ2v) is 7.63. The number of halogens is 1. The van der Waals surface area contributed by atoms with Crippen molar-refractivity contribution in [1.29, 1.82) is 0 Å². The van der Waals surface area contributed by atoms with Crippen LogP contribution in [0.2, 0.25) is 0 Å². The number of ether oxygens (including phenoxy) is 1. The standard InChI is InChI=1S/C19H23FN4O5/c1-11(26)21-5-14-8-23(19(28)29-14)13-2-3-16(15(20)4-13)22-6-12-7-24(17(12)9-22)18(27)10-25/h2-4,12,14,17,25H,5-10H2,1H3,(H,21,26). The number of nitrogens with one attached hydrogen (secondary N) is 1. The number of carbonyl (C=O) groups is 3. The van der Waals surface area contributed by atoms with Gasteiger partial charge in [0.25, 0.3) is 0 Å². The topological polar surface area (TPSA) is 102 Å². The van der Waals surface area contributed by atoms with E-state index < -0.39 is 24.6 Å². The lowest BCUT2D eigenvalue weighted by molar-refractivity contribution is -0.144. The number of rotatable bonds is 5. The van der Waals surface area contributed by atoms with Crippen LogP contribution in [-0.4, -0.2) is 79.4 Å². The third-order valence-electron chi connectivity index (χ3n) is 5.73. The fourth-order valence-corrected chi connectivity index (χ4v) is 4.23. The van der Waals surface area contributed by atoms with Gasteiger partial charge in [-0.05, 0) is 18.2 Å². The molecule has 156 valence electrons. The van der Waals surface area contributed by atoms with E-state index in [1.807, 2.05) is 4.90 Å². The quantitative estimate of drug-likeness (QED) is 0.710. The van der Waals surface area contributed by atoms with E-state index in [9.17, 15) is 18.8 Å². The summed E-state index contributed by atoms with van der Waals surface area (Å²) in [6.07, 6.45) is -1.07. The molecule has 29 heavy (non-hydrogen) atoms. The van der Waals surface area contributed by atoms with Gasteiger partial charge in [-0.15, -0.1) is 0 Å². The van der Waals surface area contributed by atoms with Gasteiger partial charge in [-0.25, -0.2) is 9.18 Å². The van der Waals surface area contributed by atoms with E-state index in [4.69, 9.17) is 9.84 Å². The third-order valence-corrected chi connectivity index (χ3v) is 5.73. The number of likely N-dealkylation sites (tertiary alicyclic amines) is 1. The molecule has 9 nitrogen and oxygen atoms in total. The van der Waals surface area contributed by atoms with E-state index >= 15 is 0 Å². The van der Waals surface area contributed by atoms with Crippen molar-refractivity contribution in [2.24, 2.45) is 5.92 Å². The van der Waals surface area contributed by atoms with Crippen molar-refractivity contribution in [3.63, 3.8) is 0 Å². The molecule has 3 heterocycles. The minimum absolute atomic E-state index is 0.00294. The molecule has 1 aromatic rings. The van der Waals surface area contributed by atoms with Crippen LogP contribution in [0.15, 0.2) is 18.2 Å². The smallest absolute Gasteiger partial charge is 0.414 e. The SMILES string of the molecule is CC(=O)NCC1CN(c2ccc(N3CC4CN(C(=O)CO)C4C3)c(F)c2)C(=O)O1. The molecule has 10 heteroatoms. The summed E-state index contributed by atoms with van der Waals surface area (Å²) in [6.45, 7) is 3.03. The highest BCUT2D eigenvalue weighted by Crippen LogP contribution is 2.37. The van der Waals surface area contributed by atoms with Crippen LogP contribution in [0.5, 0.6) is 0 Å². The van der Waals surface area contributed by atoms with Crippen molar-refractivity contribution in [1.82, 2.24) is 10.2 Å². The molecule has 3 amide bonds. The Balaban J connectivity index is 1.42. The molecule has 3 unspecified atom stereocenters. The molecule has 3 aliphatic heterocycles. The zero-order chi connectivity index (χ0) is 20.7. The molecule has 0 saturated carbocycles. The molecule has 3 saturated heterocycles. The van der Waals surface area contributed by atoms with Gasteiger partial charge < -0.3 is 25.0 Å². The maximum atomic E-state index is 14.8. The molecule has 3 fully saturated rings. The molecule has 3 atom stereocenters. The van der Waals surface area contributed by atoms with Crippen molar-refractivity contribution in [2.75, 3.05) is 49.1 Å². The summed E-state index contributed by atoms with van der Waals surface area (Å²) >= 11 is 0. The summed E-state index contributed by atoms with van der Waals surface area (Å²) < 4.78 is 20.0. The van der Waals surface area contributed by atoms with Crippen molar-refractivity contribution in [3.8, 4) is 0 Å². The summed E-state index contributed by atoms with van der Waals surface area (Å²) in [5.74, 6) is -0.700. The summed E-state index contributed by atoms with van der Waals surface area (Å²) in [4.78, 5) is 39.7. The van der Waals surface area contributed by atoms with Crippen LogP contribution >= 0.6 is 0 Å². The Labute approximate surface area is 167 Å². The van der Waals surface area contributed by atoms with E-state index in [2.05, 4.69) is 5.32 Å². The number of carbonyl (C=O) groups excluding carboxylic acids is 3. The fourth-order valence-electron chi connectivity index (χ4n) is 4.23. The fraction of sp³-hybridized carbons (Fsp3) is 0.526. The number of hydrogen-bond donors (Lipinski definition) is 2. The summed E-state index contributed by atoms with van der Waals surface area (Å²) in [7, 11) is 0. The molecule has 4 rings (SSSR count).